The van der Waals surface area contributed by atoms with Crippen molar-refractivity contribution in [3.63, 3.8) is 0 Å². The van der Waals surface area contributed by atoms with Crippen LogP contribution in [0.4, 0.5) is 0 Å². The van der Waals surface area contributed by atoms with E-state index in [4.69, 9.17) is 4.99 Å². The number of hydrogen-bond donors (Lipinski definition) is 2. The Morgan fingerprint density at radius 1 is 1.12 bits per heavy atom. The Balaban J connectivity index is 0.00000338. The van der Waals surface area contributed by atoms with Gasteiger partial charge in [0.2, 0.25) is 5.91 Å². The van der Waals surface area contributed by atoms with Gasteiger partial charge in [-0.25, -0.2) is 0 Å². The zero-order chi connectivity index (χ0) is 18.1. The molecule has 0 aromatic heterocycles. The smallest absolute Gasteiger partial charge is 0.219 e. The number of halogens is 1. The summed E-state index contributed by atoms with van der Waals surface area (Å²) < 4.78 is 0. The highest BCUT2D eigenvalue weighted by Gasteiger charge is 2.22. The molecule has 152 valence electrons. The number of nitrogens with one attached hydrogen (secondary N) is 2. The third-order valence-electron chi connectivity index (χ3n) is 5.25. The molecular formula is C18H37IN6O. The highest BCUT2D eigenvalue weighted by Crippen LogP contribution is 2.16. The molecule has 2 saturated heterocycles. The zero-order valence-corrected chi connectivity index (χ0v) is 19.0. The van der Waals surface area contributed by atoms with Crippen LogP contribution in [-0.4, -0.2) is 98.1 Å². The van der Waals surface area contributed by atoms with Crippen LogP contribution in [0.15, 0.2) is 4.99 Å². The van der Waals surface area contributed by atoms with E-state index in [9.17, 15) is 4.79 Å². The molecule has 2 rings (SSSR count). The topological polar surface area (TPSA) is 63.2 Å². The Morgan fingerprint density at radius 2 is 1.85 bits per heavy atom. The van der Waals surface area contributed by atoms with Crippen LogP contribution in [0, 0.1) is 0 Å². The lowest BCUT2D eigenvalue weighted by atomic mass is 10.2. The lowest BCUT2D eigenvalue weighted by Crippen LogP contribution is -2.50. The summed E-state index contributed by atoms with van der Waals surface area (Å²) in [5.74, 6) is 1.11. The highest BCUT2D eigenvalue weighted by molar-refractivity contribution is 14.0. The molecule has 8 heteroatoms. The molecule has 2 fully saturated rings. The van der Waals surface area contributed by atoms with Crippen LogP contribution in [0.1, 0.15) is 33.6 Å². The monoisotopic (exact) mass is 480 g/mol. The average Bonchev–Trinajstić information content (AvgIpc) is 3.07. The van der Waals surface area contributed by atoms with Crippen LogP contribution in [0.25, 0.3) is 0 Å². The van der Waals surface area contributed by atoms with Crippen molar-refractivity contribution < 1.29 is 4.79 Å². The molecule has 26 heavy (non-hydrogen) atoms. The number of aliphatic imine (C=N–C) groups is 1. The van der Waals surface area contributed by atoms with E-state index in [0.717, 1.165) is 64.9 Å². The fraction of sp³-hybridized carbons (Fsp3) is 0.889. The summed E-state index contributed by atoms with van der Waals surface area (Å²) in [6.45, 7) is 15.6. The average molecular weight is 480 g/mol. The predicted octanol–water partition coefficient (Wildman–Crippen LogP) is 0.808. The molecule has 0 spiro atoms. The van der Waals surface area contributed by atoms with E-state index in [1.807, 2.05) is 4.90 Å². The third-order valence-corrected chi connectivity index (χ3v) is 5.25. The molecule has 1 unspecified atom stereocenters. The van der Waals surface area contributed by atoms with Gasteiger partial charge in [-0.3, -0.25) is 19.6 Å². The molecule has 2 N–H and O–H groups in total. The molecule has 2 heterocycles. The van der Waals surface area contributed by atoms with Gasteiger partial charge in [0, 0.05) is 58.8 Å². The molecule has 0 aromatic carbocycles. The molecule has 7 nitrogen and oxygen atoms in total. The first-order chi connectivity index (χ1) is 12.1. The third kappa shape index (κ3) is 7.56. The maximum Gasteiger partial charge on any atom is 0.219 e. The van der Waals surface area contributed by atoms with Gasteiger partial charge in [-0.05, 0) is 32.9 Å². The van der Waals surface area contributed by atoms with Gasteiger partial charge in [-0.1, -0.05) is 6.92 Å². The molecule has 0 saturated carbocycles. The van der Waals surface area contributed by atoms with E-state index in [1.165, 1.54) is 19.4 Å². The summed E-state index contributed by atoms with van der Waals surface area (Å²) in [5.41, 5.74) is 0. The van der Waals surface area contributed by atoms with Crippen LogP contribution in [0.2, 0.25) is 0 Å². The van der Waals surface area contributed by atoms with Gasteiger partial charge < -0.3 is 15.5 Å². The van der Waals surface area contributed by atoms with E-state index >= 15 is 0 Å². The second-order valence-electron chi connectivity index (χ2n) is 6.92. The van der Waals surface area contributed by atoms with E-state index in [2.05, 4.69) is 34.3 Å². The number of guanidine groups is 1. The van der Waals surface area contributed by atoms with Crippen LogP contribution >= 0.6 is 24.0 Å². The minimum absolute atomic E-state index is 0. The number of piperazine rings is 1. The molecule has 2 aliphatic heterocycles. The Bertz CT molecular complexity index is 439. The van der Waals surface area contributed by atoms with Crippen molar-refractivity contribution in [3.8, 4) is 0 Å². The predicted molar refractivity (Wildman–Crippen MR) is 118 cm³/mol. The standard InChI is InChI=1S/C18H36N6O.HI/c1-4-19-18(21-15-17-7-6-9-23(17)5-2)20-8-10-22-11-13-24(14-12-22)16(3)25;/h17H,4-15H2,1-3H3,(H2,19,20,21);1H. The second-order valence-corrected chi connectivity index (χ2v) is 6.92. The Labute approximate surface area is 176 Å². The van der Waals surface area contributed by atoms with Crippen molar-refractivity contribution in [1.29, 1.82) is 0 Å². The number of rotatable bonds is 7. The summed E-state index contributed by atoms with van der Waals surface area (Å²) in [7, 11) is 0. The van der Waals surface area contributed by atoms with E-state index in [0.29, 0.717) is 6.04 Å². The van der Waals surface area contributed by atoms with Gasteiger partial charge in [-0.15, -0.1) is 24.0 Å². The fourth-order valence-corrected chi connectivity index (χ4v) is 3.68. The van der Waals surface area contributed by atoms with Crippen molar-refractivity contribution in [2.24, 2.45) is 4.99 Å². The molecule has 0 bridgehead atoms. The van der Waals surface area contributed by atoms with Crippen LogP contribution < -0.4 is 10.6 Å². The summed E-state index contributed by atoms with van der Waals surface area (Å²) >= 11 is 0. The summed E-state index contributed by atoms with van der Waals surface area (Å²) in [5, 5.41) is 6.81. The number of likely N-dealkylation sites (N-methyl/N-ethyl adjacent to an activating group) is 1. The number of carbonyl (C=O) groups is 1. The Kier molecular flexibility index (Phi) is 11.5. The normalized spacial score (nSPS) is 22.2. The van der Waals surface area contributed by atoms with Crippen molar-refractivity contribution >= 4 is 35.8 Å². The lowest BCUT2D eigenvalue weighted by Gasteiger charge is -2.34. The summed E-state index contributed by atoms with van der Waals surface area (Å²) in [6.07, 6.45) is 2.56. The van der Waals surface area contributed by atoms with Gasteiger partial charge in [0.15, 0.2) is 5.96 Å². The van der Waals surface area contributed by atoms with Crippen LogP contribution in [0.5, 0.6) is 0 Å². The molecule has 1 amide bonds. The van der Waals surface area contributed by atoms with Gasteiger partial charge >= 0.3 is 0 Å². The lowest BCUT2D eigenvalue weighted by molar-refractivity contribution is -0.130. The van der Waals surface area contributed by atoms with Crippen molar-refractivity contribution in [2.75, 3.05) is 65.4 Å². The van der Waals surface area contributed by atoms with E-state index < -0.39 is 0 Å². The maximum atomic E-state index is 11.4. The van der Waals surface area contributed by atoms with E-state index in [-0.39, 0.29) is 29.9 Å². The largest absolute Gasteiger partial charge is 0.357 e. The SMILES string of the molecule is CCNC(=NCC1CCCN1CC)NCCN1CCN(C(C)=O)CC1.I. The number of nitrogens with zero attached hydrogens (tertiary/aromatic N) is 4. The van der Waals surface area contributed by atoms with Crippen LogP contribution in [0.3, 0.4) is 0 Å². The van der Waals surface area contributed by atoms with Gasteiger partial charge in [0.25, 0.3) is 0 Å². The molecule has 0 radical (unpaired) electrons. The molecule has 1 atom stereocenters. The molecule has 0 aromatic rings. The highest BCUT2D eigenvalue weighted by atomic mass is 127. The molecule has 0 aliphatic carbocycles. The first kappa shape index (κ1) is 23.4. The first-order valence-corrected chi connectivity index (χ1v) is 9.88. The number of carbonyl (C=O) groups excluding carboxylic acids is 1. The number of hydrogen-bond acceptors (Lipinski definition) is 4. The maximum absolute atomic E-state index is 11.4. The minimum atomic E-state index is 0. The number of likely N-dealkylation sites (tertiary alicyclic amines) is 1. The van der Waals surface area contributed by atoms with Gasteiger partial charge in [0.1, 0.15) is 0 Å². The van der Waals surface area contributed by atoms with E-state index in [1.54, 1.807) is 6.92 Å². The fourth-order valence-electron chi connectivity index (χ4n) is 3.68. The quantitative estimate of drug-likeness (QED) is 0.321. The van der Waals surface area contributed by atoms with Crippen molar-refractivity contribution in [2.45, 2.75) is 39.7 Å². The second kappa shape index (κ2) is 12.7. The number of amides is 1. The summed E-state index contributed by atoms with van der Waals surface area (Å²) in [6, 6.07) is 0.597. The molecular weight excluding hydrogens is 443 g/mol. The zero-order valence-electron chi connectivity index (χ0n) is 16.7. The van der Waals surface area contributed by atoms with Crippen molar-refractivity contribution in [1.82, 2.24) is 25.3 Å². The minimum Gasteiger partial charge on any atom is -0.357 e. The first-order valence-electron chi connectivity index (χ1n) is 9.88. The Morgan fingerprint density at radius 3 is 2.46 bits per heavy atom. The molecule has 2 aliphatic rings. The van der Waals surface area contributed by atoms with Crippen molar-refractivity contribution in [3.05, 3.63) is 0 Å². The Hall–Kier alpha value is -0.610. The van der Waals surface area contributed by atoms with Gasteiger partial charge in [0.05, 0.1) is 6.54 Å². The summed E-state index contributed by atoms with van der Waals surface area (Å²) in [4.78, 5) is 23.0. The van der Waals surface area contributed by atoms with Gasteiger partial charge in [-0.2, -0.15) is 0 Å². The van der Waals surface area contributed by atoms with Crippen LogP contribution in [-0.2, 0) is 4.79 Å².